The van der Waals surface area contributed by atoms with E-state index in [-0.39, 0.29) is 12.3 Å². The van der Waals surface area contributed by atoms with E-state index >= 15 is 0 Å². The van der Waals surface area contributed by atoms with Crippen molar-refractivity contribution in [3.63, 3.8) is 0 Å². The van der Waals surface area contributed by atoms with E-state index in [1.54, 1.807) is 13.0 Å². The molecule has 0 spiro atoms. The molecule has 0 radical (unpaired) electrons. The Bertz CT molecular complexity index is 465. The van der Waals surface area contributed by atoms with Crippen LogP contribution >= 0.6 is 0 Å². The summed E-state index contributed by atoms with van der Waals surface area (Å²) in [4.78, 5) is 0. The van der Waals surface area contributed by atoms with E-state index in [1.165, 1.54) is 0 Å². The second-order valence-electron chi connectivity index (χ2n) is 4.30. The predicted octanol–water partition coefficient (Wildman–Crippen LogP) is 0.154. The number of rotatable bonds is 7. The van der Waals surface area contributed by atoms with Crippen LogP contribution in [-0.2, 0) is 16.6 Å². The van der Waals surface area contributed by atoms with Gasteiger partial charge in [0.05, 0.1) is 18.0 Å². The second kappa shape index (κ2) is 5.16. The molecule has 1 aromatic rings. The van der Waals surface area contributed by atoms with Crippen LogP contribution < -0.4 is 10.0 Å². The Hall–Kier alpha value is -0.920. The lowest BCUT2D eigenvalue weighted by Crippen LogP contribution is -2.32. The largest absolute Gasteiger partial charge is 0.361 e. The van der Waals surface area contributed by atoms with Crippen molar-refractivity contribution in [1.82, 2.24) is 15.2 Å². The molecule has 17 heavy (non-hydrogen) atoms. The topological polar surface area (TPSA) is 84.2 Å². The van der Waals surface area contributed by atoms with Gasteiger partial charge in [-0.2, -0.15) is 0 Å². The summed E-state index contributed by atoms with van der Waals surface area (Å²) < 4.78 is 30.6. The minimum absolute atomic E-state index is 0.0976. The van der Waals surface area contributed by atoms with Crippen LogP contribution in [0.15, 0.2) is 10.6 Å². The van der Waals surface area contributed by atoms with Crippen molar-refractivity contribution in [1.29, 1.82) is 0 Å². The van der Waals surface area contributed by atoms with E-state index in [2.05, 4.69) is 15.2 Å². The van der Waals surface area contributed by atoms with Gasteiger partial charge < -0.3 is 9.84 Å². The first-order valence-electron chi connectivity index (χ1n) is 5.68. The molecule has 0 aromatic carbocycles. The standard InChI is InChI=1S/C10H17N3O3S/c1-8-6-10(13-16-8)7-12-17(14,15)5-4-11-9-2-3-9/h6,9,11-12H,2-5,7H2,1H3. The van der Waals surface area contributed by atoms with Gasteiger partial charge >= 0.3 is 0 Å². The number of nitrogens with zero attached hydrogens (tertiary/aromatic N) is 1. The summed E-state index contributed by atoms with van der Waals surface area (Å²) >= 11 is 0. The van der Waals surface area contributed by atoms with E-state index in [0.29, 0.717) is 24.0 Å². The highest BCUT2D eigenvalue weighted by Gasteiger charge is 2.21. The zero-order valence-electron chi connectivity index (χ0n) is 9.77. The highest BCUT2D eigenvalue weighted by atomic mass is 32.2. The van der Waals surface area contributed by atoms with Gasteiger partial charge in [-0.15, -0.1) is 0 Å². The van der Waals surface area contributed by atoms with Crippen LogP contribution in [0, 0.1) is 6.92 Å². The minimum Gasteiger partial charge on any atom is -0.361 e. The minimum atomic E-state index is -3.23. The second-order valence-corrected chi connectivity index (χ2v) is 6.22. The van der Waals surface area contributed by atoms with E-state index in [0.717, 1.165) is 12.8 Å². The van der Waals surface area contributed by atoms with E-state index < -0.39 is 10.0 Å². The number of nitrogens with one attached hydrogen (secondary N) is 2. The Kier molecular flexibility index (Phi) is 3.80. The first kappa shape index (κ1) is 12.5. The van der Waals surface area contributed by atoms with E-state index in [4.69, 9.17) is 4.52 Å². The molecular formula is C10H17N3O3S. The fourth-order valence-corrected chi connectivity index (χ4v) is 2.34. The Morgan fingerprint density at radius 1 is 1.53 bits per heavy atom. The van der Waals surface area contributed by atoms with Crippen molar-refractivity contribution in [2.24, 2.45) is 0 Å². The van der Waals surface area contributed by atoms with Crippen molar-refractivity contribution < 1.29 is 12.9 Å². The van der Waals surface area contributed by atoms with Gasteiger partial charge in [0.25, 0.3) is 0 Å². The van der Waals surface area contributed by atoms with Gasteiger partial charge in [-0.1, -0.05) is 5.16 Å². The molecule has 0 aliphatic heterocycles. The molecule has 0 saturated heterocycles. The molecule has 1 aliphatic carbocycles. The zero-order valence-corrected chi connectivity index (χ0v) is 10.6. The highest BCUT2D eigenvalue weighted by molar-refractivity contribution is 7.89. The van der Waals surface area contributed by atoms with Crippen LogP contribution in [0.1, 0.15) is 24.3 Å². The average Bonchev–Trinajstić information content (AvgIpc) is 2.98. The lowest BCUT2D eigenvalue weighted by atomic mass is 10.4. The summed E-state index contributed by atoms with van der Waals surface area (Å²) in [5.74, 6) is 0.773. The van der Waals surface area contributed by atoms with Gasteiger partial charge in [-0.05, 0) is 19.8 Å². The molecule has 1 saturated carbocycles. The number of aryl methyl sites for hydroxylation is 1. The summed E-state index contributed by atoms with van der Waals surface area (Å²) in [7, 11) is -3.23. The van der Waals surface area contributed by atoms with Crippen LogP contribution in [0.4, 0.5) is 0 Å². The van der Waals surface area contributed by atoms with Crippen molar-refractivity contribution >= 4 is 10.0 Å². The summed E-state index contributed by atoms with van der Waals surface area (Å²) in [6.45, 7) is 2.45. The fraction of sp³-hybridized carbons (Fsp3) is 0.700. The Morgan fingerprint density at radius 2 is 2.29 bits per heavy atom. The third-order valence-corrected chi connectivity index (χ3v) is 3.86. The average molecular weight is 259 g/mol. The summed E-state index contributed by atoms with van der Waals surface area (Å²) in [5.41, 5.74) is 0.598. The molecule has 6 nitrogen and oxygen atoms in total. The number of hydrogen-bond acceptors (Lipinski definition) is 5. The number of sulfonamides is 1. The van der Waals surface area contributed by atoms with Gasteiger partial charge in [-0.3, -0.25) is 0 Å². The lowest BCUT2D eigenvalue weighted by Gasteiger charge is -2.05. The number of hydrogen-bond donors (Lipinski definition) is 2. The summed E-state index contributed by atoms with van der Waals surface area (Å²) in [5, 5.41) is 6.88. The van der Waals surface area contributed by atoms with Gasteiger partial charge in [0.1, 0.15) is 5.76 Å². The quantitative estimate of drug-likeness (QED) is 0.728. The molecule has 1 heterocycles. The molecule has 7 heteroatoms. The molecule has 0 unspecified atom stereocenters. The SMILES string of the molecule is Cc1cc(CNS(=O)(=O)CCNC2CC2)no1. The fourth-order valence-electron chi connectivity index (χ4n) is 1.44. The molecule has 0 bridgehead atoms. The molecular weight excluding hydrogens is 242 g/mol. The Balaban J connectivity index is 1.72. The van der Waals surface area contributed by atoms with Crippen LogP contribution in [0.3, 0.4) is 0 Å². The van der Waals surface area contributed by atoms with Gasteiger partial charge in [-0.25, -0.2) is 13.1 Å². The van der Waals surface area contributed by atoms with Gasteiger partial charge in [0.15, 0.2) is 0 Å². The third-order valence-electron chi connectivity index (χ3n) is 2.53. The van der Waals surface area contributed by atoms with Crippen LogP contribution in [-0.4, -0.2) is 31.9 Å². The van der Waals surface area contributed by atoms with Crippen molar-refractivity contribution in [2.75, 3.05) is 12.3 Å². The first-order valence-corrected chi connectivity index (χ1v) is 7.33. The Morgan fingerprint density at radius 3 is 2.88 bits per heavy atom. The highest BCUT2D eigenvalue weighted by Crippen LogP contribution is 2.17. The number of aromatic nitrogens is 1. The maximum atomic E-state index is 11.6. The van der Waals surface area contributed by atoms with E-state index in [1.807, 2.05) is 0 Å². The monoisotopic (exact) mass is 259 g/mol. The normalized spacial score (nSPS) is 16.3. The maximum Gasteiger partial charge on any atom is 0.213 e. The van der Waals surface area contributed by atoms with Gasteiger partial charge in [0.2, 0.25) is 10.0 Å². The van der Waals surface area contributed by atoms with Crippen molar-refractivity contribution in [2.45, 2.75) is 32.4 Å². The maximum absolute atomic E-state index is 11.6. The molecule has 2 N–H and O–H groups in total. The molecule has 0 atom stereocenters. The molecule has 1 aromatic heterocycles. The van der Waals surface area contributed by atoms with Crippen molar-refractivity contribution in [3.05, 3.63) is 17.5 Å². The van der Waals surface area contributed by atoms with Crippen LogP contribution in [0.2, 0.25) is 0 Å². The Labute approximate surface area is 101 Å². The summed E-state index contributed by atoms with van der Waals surface area (Å²) in [6.07, 6.45) is 2.32. The summed E-state index contributed by atoms with van der Waals surface area (Å²) in [6, 6.07) is 2.24. The smallest absolute Gasteiger partial charge is 0.213 e. The first-order chi connectivity index (χ1) is 8.05. The third kappa shape index (κ3) is 4.45. The molecule has 0 amide bonds. The molecule has 1 aliphatic rings. The zero-order chi connectivity index (χ0) is 12.3. The lowest BCUT2D eigenvalue weighted by molar-refractivity contribution is 0.390. The molecule has 96 valence electrons. The molecule has 1 fully saturated rings. The molecule has 2 rings (SSSR count). The van der Waals surface area contributed by atoms with E-state index in [9.17, 15) is 8.42 Å². The van der Waals surface area contributed by atoms with Gasteiger partial charge in [0, 0.05) is 18.7 Å². The van der Waals surface area contributed by atoms with Crippen LogP contribution in [0.25, 0.3) is 0 Å². The van der Waals surface area contributed by atoms with Crippen molar-refractivity contribution in [3.8, 4) is 0 Å². The van der Waals surface area contributed by atoms with Crippen LogP contribution in [0.5, 0.6) is 0 Å². The predicted molar refractivity (Wildman–Crippen MR) is 62.9 cm³/mol.